The lowest BCUT2D eigenvalue weighted by atomic mass is 9.93. The van der Waals surface area contributed by atoms with Gasteiger partial charge in [0.1, 0.15) is 12.4 Å². The lowest BCUT2D eigenvalue weighted by Crippen LogP contribution is -2.36. The summed E-state index contributed by atoms with van der Waals surface area (Å²) in [6.07, 6.45) is 6.57. The fraction of sp³-hybridized carbons (Fsp3) is 0.769. The first-order chi connectivity index (χ1) is 9.69. The number of aromatic nitrogens is 2. The molecule has 0 unspecified atom stereocenters. The van der Waals surface area contributed by atoms with Gasteiger partial charge in [0.15, 0.2) is 0 Å². The molecule has 0 atom stereocenters. The fourth-order valence-corrected chi connectivity index (χ4v) is 2.66. The van der Waals surface area contributed by atoms with Crippen molar-refractivity contribution >= 4 is 5.69 Å². The molecule has 0 amide bonds. The van der Waals surface area contributed by atoms with E-state index in [0.717, 1.165) is 38.6 Å². The topological polar surface area (TPSA) is 76.2 Å². The predicted molar refractivity (Wildman–Crippen MR) is 76.6 cm³/mol. The maximum atomic E-state index is 10.6. The van der Waals surface area contributed by atoms with Gasteiger partial charge in [-0.3, -0.25) is 14.8 Å². The first-order valence-electron chi connectivity index (χ1n) is 7.23. The van der Waals surface area contributed by atoms with Crippen molar-refractivity contribution in [1.29, 1.82) is 0 Å². The van der Waals surface area contributed by atoms with Crippen LogP contribution in [0.5, 0.6) is 0 Å². The van der Waals surface area contributed by atoms with Gasteiger partial charge in [0, 0.05) is 6.54 Å². The van der Waals surface area contributed by atoms with Crippen LogP contribution in [0.25, 0.3) is 0 Å². The van der Waals surface area contributed by atoms with Crippen molar-refractivity contribution in [3.63, 3.8) is 0 Å². The SMILES string of the molecule is CNCCC1CCN(CCn2cc([N+](=O)[O-])cn2)CC1. The van der Waals surface area contributed by atoms with Crippen LogP contribution in [0, 0.1) is 16.0 Å². The van der Waals surface area contributed by atoms with E-state index < -0.39 is 4.92 Å². The highest BCUT2D eigenvalue weighted by Crippen LogP contribution is 2.19. The van der Waals surface area contributed by atoms with Crippen LogP contribution < -0.4 is 5.32 Å². The van der Waals surface area contributed by atoms with E-state index in [2.05, 4.69) is 15.3 Å². The average Bonchev–Trinajstić information content (AvgIpc) is 2.93. The number of nitro groups is 1. The summed E-state index contributed by atoms with van der Waals surface area (Å²) in [6, 6.07) is 0. The molecule has 112 valence electrons. The second-order valence-electron chi connectivity index (χ2n) is 5.40. The normalized spacial score (nSPS) is 17.4. The van der Waals surface area contributed by atoms with Crippen molar-refractivity contribution in [2.45, 2.75) is 25.8 Å². The van der Waals surface area contributed by atoms with Gasteiger partial charge in [0.05, 0.1) is 11.5 Å². The summed E-state index contributed by atoms with van der Waals surface area (Å²) in [5, 5.41) is 17.8. The standard InChI is InChI=1S/C13H23N5O2/c1-14-5-2-12-3-6-16(7-4-12)8-9-17-11-13(10-15-17)18(19)20/h10-12,14H,2-9H2,1H3. The van der Waals surface area contributed by atoms with Crippen molar-refractivity contribution in [2.75, 3.05) is 33.2 Å². The molecular formula is C13H23N5O2. The van der Waals surface area contributed by atoms with E-state index in [0.29, 0.717) is 0 Å². The van der Waals surface area contributed by atoms with E-state index in [-0.39, 0.29) is 5.69 Å². The molecule has 2 rings (SSSR count). The second kappa shape index (κ2) is 7.35. The third kappa shape index (κ3) is 4.28. The lowest BCUT2D eigenvalue weighted by molar-refractivity contribution is -0.385. The van der Waals surface area contributed by atoms with Crippen molar-refractivity contribution < 1.29 is 4.92 Å². The van der Waals surface area contributed by atoms with Gasteiger partial charge >= 0.3 is 5.69 Å². The maximum Gasteiger partial charge on any atom is 0.306 e. The summed E-state index contributed by atoms with van der Waals surface area (Å²) in [7, 11) is 2.00. The Hall–Kier alpha value is -1.47. The number of hydrogen-bond acceptors (Lipinski definition) is 5. The van der Waals surface area contributed by atoms with Crippen LogP contribution in [0.1, 0.15) is 19.3 Å². The fourth-order valence-electron chi connectivity index (χ4n) is 2.66. The van der Waals surface area contributed by atoms with Crippen molar-refractivity contribution in [1.82, 2.24) is 20.0 Å². The number of nitrogens with zero attached hydrogens (tertiary/aromatic N) is 4. The molecule has 1 saturated heterocycles. The minimum atomic E-state index is -0.406. The molecule has 20 heavy (non-hydrogen) atoms. The number of nitrogens with one attached hydrogen (secondary N) is 1. The highest BCUT2D eigenvalue weighted by atomic mass is 16.6. The number of piperidine rings is 1. The van der Waals surface area contributed by atoms with E-state index in [1.807, 2.05) is 7.05 Å². The van der Waals surface area contributed by atoms with Crippen molar-refractivity contribution in [3.05, 3.63) is 22.5 Å². The first kappa shape index (κ1) is 14.9. The van der Waals surface area contributed by atoms with E-state index in [1.54, 1.807) is 4.68 Å². The minimum Gasteiger partial charge on any atom is -0.320 e. The molecule has 1 aliphatic heterocycles. The molecule has 1 aliphatic rings. The van der Waals surface area contributed by atoms with Crippen LogP contribution in [0.3, 0.4) is 0 Å². The Morgan fingerprint density at radius 3 is 2.80 bits per heavy atom. The van der Waals surface area contributed by atoms with Gasteiger partial charge in [-0.1, -0.05) is 0 Å². The molecule has 0 aromatic carbocycles. The zero-order valence-electron chi connectivity index (χ0n) is 12.0. The Bertz CT molecular complexity index is 426. The molecule has 1 fully saturated rings. The molecule has 1 aromatic heterocycles. The Labute approximate surface area is 119 Å². The van der Waals surface area contributed by atoms with Crippen molar-refractivity contribution in [2.24, 2.45) is 5.92 Å². The molecule has 0 radical (unpaired) electrons. The zero-order chi connectivity index (χ0) is 14.4. The third-order valence-corrected chi connectivity index (χ3v) is 3.99. The molecule has 0 aliphatic carbocycles. The first-order valence-corrected chi connectivity index (χ1v) is 7.23. The molecular weight excluding hydrogens is 258 g/mol. The zero-order valence-corrected chi connectivity index (χ0v) is 12.0. The van der Waals surface area contributed by atoms with E-state index in [1.165, 1.54) is 31.7 Å². The van der Waals surface area contributed by atoms with Crippen LogP contribution in [0.15, 0.2) is 12.4 Å². The molecule has 1 aromatic rings. The Morgan fingerprint density at radius 1 is 1.45 bits per heavy atom. The number of likely N-dealkylation sites (tertiary alicyclic amines) is 1. The van der Waals surface area contributed by atoms with Crippen molar-refractivity contribution in [3.8, 4) is 0 Å². The summed E-state index contributed by atoms with van der Waals surface area (Å²) in [4.78, 5) is 12.6. The summed E-state index contributed by atoms with van der Waals surface area (Å²) < 4.78 is 1.66. The van der Waals surface area contributed by atoms with E-state index in [4.69, 9.17) is 0 Å². The molecule has 2 heterocycles. The van der Waals surface area contributed by atoms with Gasteiger partial charge in [0.2, 0.25) is 0 Å². The highest BCUT2D eigenvalue weighted by molar-refractivity contribution is 5.20. The lowest BCUT2D eigenvalue weighted by Gasteiger charge is -2.31. The molecule has 0 spiro atoms. The summed E-state index contributed by atoms with van der Waals surface area (Å²) in [5.41, 5.74) is 0.0655. The van der Waals surface area contributed by atoms with Gasteiger partial charge in [-0.25, -0.2) is 0 Å². The smallest absolute Gasteiger partial charge is 0.306 e. The molecule has 0 bridgehead atoms. The number of hydrogen-bond donors (Lipinski definition) is 1. The highest BCUT2D eigenvalue weighted by Gasteiger charge is 2.18. The van der Waals surface area contributed by atoms with Crippen LogP contribution in [0.4, 0.5) is 5.69 Å². The van der Waals surface area contributed by atoms with Gasteiger partial charge in [-0.15, -0.1) is 0 Å². The Morgan fingerprint density at radius 2 is 2.20 bits per heavy atom. The van der Waals surface area contributed by atoms with E-state index >= 15 is 0 Å². The minimum absolute atomic E-state index is 0.0655. The van der Waals surface area contributed by atoms with Crippen LogP contribution in [0.2, 0.25) is 0 Å². The molecule has 0 saturated carbocycles. The van der Waals surface area contributed by atoms with Gasteiger partial charge in [0.25, 0.3) is 0 Å². The van der Waals surface area contributed by atoms with E-state index in [9.17, 15) is 10.1 Å². The monoisotopic (exact) mass is 281 g/mol. The molecule has 7 nitrogen and oxygen atoms in total. The second-order valence-corrected chi connectivity index (χ2v) is 5.40. The largest absolute Gasteiger partial charge is 0.320 e. The average molecular weight is 281 g/mol. The Kier molecular flexibility index (Phi) is 5.49. The van der Waals surface area contributed by atoms with Gasteiger partial charge in [-0.05, 0) is 51.9 Å². The van der Waals surface area contributed by atoms with Crippen LogP contribution in [-0.4, -0.2) is 52.8 Å². The van der Waals surface area contributed by atoms with Crippen LogP contribution >= 0.6 is 0 Å². The molecule has 7 heteroatoms. The maximum absolute atomic E-state index is 10.6. The van der Waals surface area contributed by atoms with Gasteiger partial charge < -0.3 is 10.2 Å². The molecule has 1 N–H and O–H groups in total. The van der Waals surface area contributed by atoms with Crippen LogP contribution in [-0.2, 0) is 6.54 Å². The third-order valence-electron chi connectivity index (χ3n) is 3.99. The summed E-state index contributed by atoms with van der Waals surface area (Å²) >= 11 is 0. The Balaban J connectivity index is 1.69. The number of rotatable bonds is 7. The summed E-state index contributed by atoms with van der Waals surface area (Å²) in [5.74, 6) is 0.837. The predicted octanol–water partition coefficient (Wildman–Crippen LogP) is 1.11. The van der Waals surface area contributed by atoms with Gasteiger partial charge in [-0.2, -0.15) is 5.10 Å². The summed E-state index contributed by atoms with van der Waals surface area (Å²) in [6.45, 7) is 4.98. The quantitative estimate of drug-likeness (QED) is 0.598.